The minimum Gasteiger partial charge on any atom is -0.377 e. The molecule has 1 atom stereocenters. The van der Waals surface area contributed by atoms with Crippen molar-refractivity contribution in [2.45, 2.75) is 25.3 Å². The van der Waals surface area contributed by atoms with Crippen LogP contribution >= 0.6 is 0 Å². The van der Waals surface area contributed by atoms with E-state index >= 15 is 0 Å². The Labute approximate surface area is 242 Å². The minimum absolute atomic E-state index is 0.241. The van der Waals surface area contributed by atoms with E-state index in [1.54, 1.807) is 36.8 Å². The number of amides is 1. The number of hydrogen-bond acceptors (Lipinski definition) is 10. The van der Waals surface area contributed by atoms with Crippen LogP contribution in [0.5, 0.6) is 0 Å². The summed E-state index contributed by atoms with van der Waals surface area (Å²) >= 11 is 0. The molecule has 4 rings (SSSR count). The first-order chi connectivity index (χ1) is 19.4. The Kier molecular flexibility index (Phi) is 9.24. The molecule has 0 saturated heterocycles. The Morgan fingerprint density at radius 1 is 1.17 bits per heavy atom. The average Bonchev–Trinajstić information content (AvgIpc) is 2.90. The van der Waals surface area contributed by atoms with Gasteiger partial charge in [-0.1, -0.05) is 12.1 Å². The highest BCUT2D eigenvalue weighted by atomic mass is 32.2. The summed E-state index contributed by atoms with van der Waals surface area (Å²) in [5.74, 6) is 0.949. The van der Waals surface area contributed by atoms with Crippen molar-refractivity contribution in [1.82, 2.24) is 25.2 Å². The number of anilines is 5. The van der Waals surface area contributed by atoms with Crippen LogP contribution in [-0.4, -0.2) is 83.3 Å². The Balaban J connectivity index is 1.69. The summed E-state index contributed by atoms with van der Waals surface area (Å²) in [4.78, 5) is 30.9. The summed E-state index contributed by atoms with van der Waals surface area (Å²) in [6.45, 7) is 3.95. The van der Waals surface area contributed by atoms with Crippen LogP contribution in [0.15, 0.2) is 53.5 Å². The van der Waals surface area contributed by atoms with Gasteiger partial charge < -0.3 is 25.8 Å². The van der Waals surface area contributed by atoms with Crippen LogP contribution in [0, 0.1) is 0 Å². The molecule has 3 N–H and O–H groups in total. The topological polar surface area (TPSA) is 128 Å². The first-order valence-corrected chi connectivity index (χ1v) is 15.7. The largest absolute Gasteiger partial charge is 0.377 e. The number of benzene rings is 1. The standard InChI is InChI=1S/C29H39N9O2S/c1-8-14-30-28(39)23-18-31-29(35-27(23)34-25-10-9-11-26(33-25)36-41(6,7)40)32-20-15-19-12-13-21(37(2)3)17-22(19)24(16-20)38(4)5/h8-11,15-16,18,21H,1,12-14,17H2,2-7H3,(H,30,39)(H2,31,32,33,34,35). The maximum atomic E-state index is 12.9. The zero-order chi connectivity index (χ0) is 29.7. The Bertz CT molecular complexity index is 1550. The van der Waals surface area contributed by atoms with E-state index < -0.39 is 9.73 Å². The highest BCUT2D eigenvalue weighted by molar-refractivity contribution is 7.92. The normalized spacial score (nSPS) is 14.7. The quantitative estimate of drug-likeness (QED) is 0.305. The van der Waals surface area contributed by atoms with Crippen molar-refractivity contribution in [3.05, 3.63) is 65.9 Å². The van der Waals surface area contributed by atoms with Gasteiger partial charge >= 0.3 is 0 Å². The van der Waals surface area contributed by atoms with Crippen molar-refractivity contribution in [2.24, 2.45) is 4.36 Å². The number of aromatic nitrogens is 3. The van der Waals surface area contributed by atoms with Crippen molar-refractivity contribution < 1.29 is 9.00 Å². The molecule has 1 aliphatic carbocycles. The molecule has 1 aromatic carbocycles. The van der Waals surface area contributed by atoms with Gasteiger partial charge in [0, 0.05) is 66.5 Å². The molecule has 3 aromatic rings. The molecule has 12 heteroatoms. The minimum atomic E-state index is -2.39. The fourth-order valence-corrected chi connectivity index (χ4v) is 5.28. The summed E-state index contributed by atoms with van der Waals surface area (Å²) < 4.78 is 16.3. The van der Waals surface area contributed by atoms with Crippen molar-refractivity contribution in [2.75, 3.05) is 62.8 Å². The number of nitrogens with zero attached hydrogens (tertiary/aromatic N) is 6. The van der Waals surface area contributed by atoms with Gasteiger partial charge in [0.2, 0.25) is 5.95 Å². The van der Waals surface area contributed by atoms with E-state index in [0.29, 0.717) is 30.2 Å². The molecule has 1 unspecified atom stereocenters. The summed E-state index contributed by atoms with van der Waals surface area (Å²) in [7, 11) is 5.98. The second kappa shape index (κ2) is 12.6. The predicted molar refractivity (Wildman–Crippen MR) is 168 cm³/mol. The number of carbonyl (C=O) groups excluding carboxylic acids is 1. The third-order valence-corrected chi connectivity index (χ3v) is 7.33. The third kappa shape index (κ3) is 7.80. The van der Waals surface area contributed by atoms with E-state index in [4.69, 9.17) is 0 Å². The Morgan fingerprint density at radius 2 is 1.95 bits per heavy atom. The average molecular weight is 578 g/mol. The van der Waals surface area contributed by atoms with Gasteiger partial charge in [-0.2, -0.15) is 9.35 Å². The zero-order valence-corrected chi connectivity index (χ0v) is 25.4. The number of rotatable bonds is 10. The molecule has 2 aromatic heterocycles. The predicted octanol–water partition coefficient (Wildman–Crippen LogP) is 4.12. The fraction of sp³-hybridized carbons (Fsp3) is 0.379. The van der Waals surface area contributed by atoms with Crippen LogP contribution in [0.3, 0.4) is 0 Å². The number of fused-ring (bicyclic) bond motifs is 1. The van der Waals surface area contributed by atoms with Crippen LogP contribution in [0.25, 0.3) is 0 Å². The maximum Gasteiger partial charge on any atom is 0.256 e. The van der Waals surface area contributed by atoms with Gasteiger partial charge in [-0.05, 0) is 68.8 Å². The summed E-state index contributed by atoms with van der Waals surface area (Å²) in [5, 5.41) is 9.23. The lowest BCUT2D eigenvalue weighted by Gasteiger charge is -2.33. The molecule has 2 heterocycles. The Hall–Kier alpha value is -4.03. The highest BCUT2D eigenvalue weighted by Crippen LogP contribution is 2.35. The molecule has 11 nitrogen and oxygen atoms in total. The monoisotopic (exact) mass is 577 g/mol. The van der Waals surface area contributed by atoms with Gasteiger partial charge in [0.25, 0.3) is 5.91 Å². The smallest absolute Gasteiger partial charge is 0.256 e. The summed E-state index contributed by atoms with van der Waals surface area (Å²) in [5.41, 5.74) is 4.94. The van der Waals surface area contributed by atoms with E-state index in [0.717, 1.165) is 30.6 Å². The number of likely N-dealkylation sites (N-methyl/N-ethyl adjacent to an activating group) is 1. The van der Waals surface area contributed by atoms with Gasteiger partial charge in [-0.3, -0.25) is 4.79 Å². The SMILES string of the molecule is C=CCNC(=O)c1cnc(Nc2cc3c(c(N(C)C)c2)CC(N(C)C)CC3)nc1Nc1cccc(N=S(C)(C)=O)n1. The lowest BCUT2D eigenvalue weighted by molar-refractivity contribution is 0.0958. The van der Waals surface area contributed by atoms with E-state index in [1.807, 2.05) is 0 Å². The number of carbonyl (C=O) groups is 1. The molecule has 1 aliphatic rings. The van der Waals surface area contributed by atoms with Crippen molar-refractivity contribution in [3.8, 4) is 0 Å². The molecule has 0 bridgehead atoms. The van der Waals surface area contributed by atoms with E-state index in [9.17, 15) is 9.00 Å². The molecule has 0 radical (unpaired) electrons. The van der Waals surface area contributed by atoms with Gasteiger partial charge in [0.05, 0.1) is 0 Å². The van der Waals surface area contributed by atoms with Crippen molar-refractivity contribution in [3.63, 3.8) is 0 Å². The van der Waals surface area contributed by atoms with E-state index in [2.05, 4.69) is 92.0 Å². The molecule has 1 amide bonds. The molecule has 0 spiro atoms. The van der Waals surface area contributed by atoms with Crippen molar-refractivity contribution >= 4 is 50.4 Å². The molecule has 0 fully saturated rings. The van der Waals surface area contributed by atoms with E-state index in [1.165, 1.54) is 17.3 Å². The summed E-state index contributed by atoms with van der Waals surface area (Å²) in [6, 6.07) is 9.92. The van der Waals surface area contributed by atoms with Crippen LogP contribution in [-0.2, 0) is 22.6 Å². The summed E-state index contributed by atoms with van der Waals surface area (Å²) in [6.07, 6.45) is 9.24. The lowest BCUT2D eigenvalue weighted by atomic mass is 9.86. The highest BCUT2D eigenvalue weighted by Gasteiger charge is 2.24. The number of pyridine rings is 1. The van der Waals surface area contributed by atoms with Crippen LogP contribution < -0.4 is 20.9 Å². The molecule has 41 heavy (non-hydrogen) atoms. The Morgan fingerprint density at radius 3 is 2.63 bits per heavy atom. The molecular formula is C29H39N9O2S. The molecule has 218 valence electrons. The first-order valence-electron chi connectivity index (χ1n) is 13.4. The second-order valence-electron chi connectivity index (χ2n) is 10.7. The number of hydrogen-bond donors (Lipinski definition) is 3. The maximum absolute atomic E-state index is 12.9. The second-order valence-corrected chi connectivity index (χ2v) is 13.3. The fourth-order valence-electron chi connectivity index (χ4n) is 4.73. The lowest BCUT2D eigenvalue weighted by Crippen LogP contribution is -2.34. The molecule has 0 aliphatic heterocycles. The molecule has 0 saturated carbocycles. The van der Waals surface area contributed by atoms with Gasteiger partial charge in [-0.15, -0.1) is 6.58 Å². The van der Waals surface area contributed by atoms with E-state index in [-0.39, 0.29) is 17.3 Å². The van der Waals surface area contributed by atoms with Crippen LogP contribution in [0.2, 0.25) is 0 Å². The van der Waals surface area contributed by atoms with Crippen LogP contribution in [0.1, 0.15) is 27.9 Å². The molecular weight excluding hydrogens is 538 g/mol. The van der Waals surface area contributed by atoms with Gasteiger partial charge in [0.1, 0.15) is 17.2 Å². The van der Waals surface area contributed by atoms with Crippen LogP contribution in [0.4, 0.5) is 34.8 Å². The third-order valence-electron chi connectivity index (χ3n) is 6.71. The van der Waals surface area contributed by atoms with Gasteiger partial charge in [-0.25, -0.2) is 14.2 Å². The van der Waals surface area contributed by atoms with Crippen molar-refractivity contribution in [1.29, 1.82) is 0 Å². The zero-order valence-electron chi connectivity index (χ0n) is 24.6. The number of nitrogens with one attached hydrogen (secondary N) is 3. The van der Waals surface area contributed by atoms with Gasteiger partial charge in [0.15, 0.2) is 5.82 Å². The number of aryl methyl sites for hydroxylation is 1. The first kappa shape index (κ1) is 29.9.